The summed E-state index contributed by atoms with van der Waals surface area (Å²) in [4.78, 5) is 24.7. The van der Waals surface area contributed by atoms with E-state index in [9.17, 15) is 9.59 Å². The molecule has 0 aliphatic heterocycles. The Morgan fingerprint density at radius 2 is 1.91 bits per heavy atom. The molecule has 0 heterocycles. The lowest BCUT2D eigenvalue weighted by atomic mass is 10.2. The standard InChI is InChI=1S/C15H23N3O4/c1-18(2)15(20)10-22-12-6-4-11(5-7-12)17-14(19)8-13(9-16)21-3/h4-7,13H,8-10,16H2,1-3H3,(H,17,19). The molecule has 0 aromatic heterocycles. The van der Waals surface area contributed by atoms with Crippen LogP contribution < -0.4 is 15.8 Å². The van der Waals surface area contributed by atoms with Crippen molar-refractivity contribution in [3.8, 4) is 5.75 Å². The van der Waals surface area contributed by atoms with E-state index in [2.05, 4.69) is 5.32 Å². The third-order valence-corrected chi connectivity index (χ3v) is 3.01. The molecule has 0 saturated carbocycles. The second kappa shape index (κ2) is 9.01. The number of carbonyl (C=O) groups is 2. The number of likely N-dealkylation sites (N-methyl/N-ethyl adjacent to an activating group) is 1. The van der Waals surface area contributed by atoms with Gasteiger partial charge in [-0.3, -0.25) is 9.59 Å². The molecule has 1 aromatic carbocycles. The van der Waals surface area contributed by atoms with E-state index < -0.39 is 0 Å². The van der Waals surface area contributed by atoms with Gasteiger partial charge in [-0.05, 0) is 24.3 Å². The molecular formula is C15H23N3O4. The summed E-state index contributed by atoms with van der Waals surface area (Å²) >= 11 is 0. The van der Waals surface area contributed by atoms with Gasteiger partial charge in [0, 0.05) is 33.4 Å². The molecule has 0 spiro atoms. The van der Waals surface area contributed by atoms with E-state index in [-0.39, 0.29) is 37.5 Å². The third kappa shape index (κ3) is 6.11. The first-order valence-electron chi connectivity index (χ1n) is 6.92. The second-order valence-electron chi connectivity index (χ2n) is 4.95. The van der Waals surface area contributed by atoms with E-state index in [0.717, 1.165) is 0 Å². The Hall–Kier alpha value is -2.12. The maximum absolute atomic E-state index is 11.8. The Balaban J connectivity index is 2.47. The number of nitrogens with two attached hydrogens (primary N) is 1. The molecule has 1 aromatic rings. The molecule has 2 amide bonds. The van der Waals surface area contributed by atoms with Crippen molar-refractivity contribution in [2.45, 2.75) is 12.5 Å². The molecule has 1 atom stereocenters. The molecule has 0 bridgehead atoms. The fourth-order valence-corrected chi connectivity index (χ4v) is 1.59. The maximum atomic E-state index is 11.8. The van der Waals surface area contributed by atoms with E-state index in [1.165, 1.54) is 12.0 Å². The quantitative estimate of drug-likeness (QED) is 0.727. The van der Waals surface area contributed by atoms with E-state index in [4.69, 9.17) is 15.2 Å². The van der Waals surface area contributed by atoms with Gasteiger partial charge < -0.3 is 25.4 Å². The van der Waals surface area contributed by atoms with E-state index in [1.807, 2.05) is 0 Å². The molecule has 1 unspecified atom stereocenters. The van der Waals surface area contributed by atoms with Gasteiger partial charge in [-0.25, -0.2) is 0 Å². The van der Waals surface area contributed by atoms with Crippen molar-refractivity contribution in [2.24, 2.45) is 5.73 Å². The molecule has 7 heteroatoms. The highest BCUT2D eigenvalue weighted by molar-refractivity contribution is 5.91. The molecule has 0 fully saturated rings. The summed E-state index contributed by atoms with van der Waals surface area (Å²) in [6, 6.07) is 6.79. The zero-order valence-corrected chi connectivity index (χ0v) is 13.2. The monoisotopic (exact) mass is 309 g/mol. The van der Waals surface area contributed by atoms with Crippen molar-refractivity contribution in [3.05, 3.63) is 24.3 Å². The topological polar surface area (TPSA) is 93.9 Å². The lowest BCUT2D eigenvalue weighted by Crippen LogP contribution is -2.28. The van der Waals surface area contributed by atoms with Gasteiger partial charge in [0.1, 0.15) is 5.75 Å². The van der Waals surface area contributed by atoms with Crippen LogP contribution in [-0.4, -0.2) is 57.2 Å². The minimum Gasteiger partial charge on any atom is -0.484 e. The van der Waals surface area contributed by atoms with Crippen molar-refractivity contribution >= 4 is 17.5 Å². The van der Waals surface area contributed by atoms with Gasteiger partial charge in [-0.15, -0.1) is 0 Å². The smallest absolute Gasteiger partial charge is 0.259 e. The van der Waals surface area contributed by atoms with Crippen molar-refractivity contribution in [1.82, 2.24) is 4.90 Å². The zero-order chi connectivity index (χ0) is 16.5. The summed E-state index contributed by atoms with van der Waals surface area (Å²) in [5.74, 6) is 0.267. The first-order chi connectivity index (χ1) is 10.5. The number of nitrogens with one attached hydrogen (secondary N) is 1. The van der Waals surface area contributed by atoms with Crippen LogP contribution in [0.5, 0.6) is 5.75 Å². The van der Waals surface area contributed by atoms with Crippen LogP contribution in [0.25, 0.3) is 0 Å². The molecule has 1 rings (SSSR count). The average molecular weight is 309 g/mol. The van der Waals surface area contributed by atoms with Crippen molar-refractivity contribution in [2.75, 3.05) is 39.7 Å². The molecule has 0 radical (unpaired) electrons. The first kappa shape index (κ1) is 17.9. The number of rotatable bonds is 8. The van der Waals surface area contributed by atoms with E-state index in [0.29, 0.717) is 11.4 Å². The predicted molar refractivity (Wildman–Crippen MR) is 83.7 cm³/mol. The number of anilines is 1. The number of hydrogen-bond donors (Lipinski definition) is 2. The number of amides is 2. The minimum atomic E-state index is -0.292. The Bertz CT molecular complexity index is 484. The van der Waals surface area contributed by atoms with Gasteiger partial charge in [0.15, 0.2) is 6.61 Å². The van der Waals surface area contributed by atoms with Gasteiger partial charge in [0.05, 0.1) is 12.5 Å². The summed E-state index contributed by atoms with van der Waals surface area (Å²) < 4.78 is 10.4. The highest BCUT2D eigenvalue weighted by atomic mass is 16.5. The lowest BCUT2D eigenvalue weighted by Gasteiger charge is -2.13. The van der Waals surface area contributed by atoms with Gasteiger partial charge in [0.2, 0.25) is 5.91 Å². The van der Waals surface area contributed by atoms with Crippen LogP contribution in [-0.2, 0) is 14.3 Å². The fraction of sp³-hybridized carbons (Fsp3) is 0.467. The van der Waals surface area contributed by atoms with Crippen LogP contribution in [0.2, 0.25) is 0 Å². The number of methoxy groups -OCH3 is 1. The van der Waals surface area contributed by atoms with Crippen LogP contribution in [0.4, 0.5) is 5.69 Å². The zero-order valence-electron chi connectivity index (χ0n) is 13.2. The fourth-order valence-electron chi connectivity index (χ4n) is 1.59. The van der Waals surface area contributed by atoms with Crippen LogP contribution in [0.15, 0.2) is 24.3 Å². The van der Waals surface area contributed by atoms with Gasteiger partial charge >= 0.3 is 0 Å². The third-order valence-electron chi connectivity index (χ3n) is 3.01. The van der Waals surface area contributed by atoms with E-state index >= 15 is 0 Å². The lowest BCUT2D eigenvalue weighted by molar-refractivity contribution is -0.130. The molecule has 3 N–H and O–H groups in total. The Morgan fingerprint density at radius 1 is 1.27 bits per heavy atom. The molecule has 122 valence electrons. The summed E-state index contributed by atoms with van der Waals surface area (Å²) in [5, 5.41) is 2.75. The SMILES string of the molecule is COC(CN)CC(=O)Nc1ccc(OCC(=O)N(C)C)cc1. The number of nitrogens with zero attached hydrogens (tertiary/aromatic N) is 1. The molecule has 7 nitrogen and oxygen atoms in total. The Kier molecular flexibility index (Phi) is 7.34. The van der Waals surface area contributed by atoms with Crippen LogP contribution in [0, 0.1) is 0 Å². The van der Waals surface area contributed by atoms with E-state index in [1.54, 1.807) is 38.4 Å². The van der Waals surface area contributed by atoms with Crippen molar-refractivity contribution in [3.63, 3.8) is 0 Å². The number of carbonyl (C=O) groups excluding carboxylic acids is 2. The van der Waals surface area contributed by atoms with Crippen LogP contribution >= 0.6 is 0 Å². The van der Waals surface area contributed by atoms with Gasteiger partial charge in [-0.1, -0.05) is 0 Å². The summed E-state index contributed by atoms with van der Waals surface area (Å²) in [7, 11) is 4.85. The van der Waals surface area contributed by atoms with Gasteiger partial charge in [0.25, 0.3) is 5.91 Å². The molecule has 0 aliphatic rings. The summed E-state index contributed by atoms with van der Waals surface area (Å²) in [6.07, 6.45) is -0.0950. The summed E-state index contributed by atoms with van der Waals surface area (Å²) in [5.41, 5.74) is 6.11. The maximum Gasteiger partial charge on any atom is 0.259 e. The van der Waals surface area contributed by atoms with Crippen molar-refractivity contribution < 1.29 is 19.1 Å². The summed E-state index contributed by atoms with van der Waals surface area (Å²) in [6.45, 7) is 0.265. The molecule has 22 heavy (non-hydrogen) atoms. The average Bonchev–Trinajstić information content (AvgIpc) is 2.51. The largest absolute Gasteiger partial charge is 0.484 e. The molecular weight excluding hydrogens is 286 g/mol. The van der Waals surface area contributed by atoms with Crippen LogP contribution in [0.1, 0.15) is 6.42 Å². The molecule has 0 saturated heterocycles. The van der Waals surface area contributed by atoms with Crippen LogP contribution in [0.3, 0.4) is 0 Å². The van der Waals surface area contributed by atoms with Gasteiger partial charge in [-0.2, -0.15) is 0 Å². The highest BCUT2D eigenvalue weighted by Gasteiger charge is 2.11. The molecule has 0 aliphatic carbocycles. The second-order valence-corrected chi connectivity index (χ2v) is 4.95. The Morgan fingerprint density at radius 3 is 2.41 bits per heavy atom. The minimum absolute atomic E-state index is 0.0231. The normalized spacial score (nSPS) is 11.6. The number of benzene rings is 1. The highest BCUT2D eigenvalue weighted by Crippen LogP contribution is 2.16. The first-order valence-corrected chi connectivity index (χ1v) is 6.92. The number of hydrogen-bond acceptors (Lipinski definition) is 5. The number of ether oxygens (including phenoxy) is 2. The van der Waals surface area contributed by atoms with Crippen molar-refractivity contribution in [1.29, 1.82) is 0 Å². The predicted octanol–water partition coefficient (Wildman–Crippen LogP) is 0.456. The Labute approximate surface area is 130 Å².